The van der Waals surface area contributed by atoms with E-state index in [1.165, 1.54) is 24.3 Å². The molecule has 0 aliphatic carbocycles. The van der Waals surface area contributed by atoms with Gasteiger partial charge in [0.2, 0.25) is 0 Å². The lowest BCUT2D eigenvalue weighted by Gasteiger charge is -2.27. The third-order valence-electron chi connectivity index (χ3n) is 3.84. The highest BCUT2D eigenvalue weighted by Gasteiger charge is 2.34. The van der Waals surface area contributed by atoms with E-state index in [1.807, 2.05) is 6.92 Å². The minimum atomic E-state index is -3.07. The summed E-state index contributed by atoms with van der Waals surface area (Å²) in [4.78, 5) is 24.0. The Morgan fingerprint density at radius 2 is 2.04 bits per heavy atom. The first-order valence-electron chi connectivity index (χ1n) is 7.69. The summed E-state index contributed by atoms with van der Waals surface area (Å²) in [7, 11) is -3.07. The molecule has 0 unspecified atom stereocenters. The second kappa shape index (κ2) is 7.61. The molecule has 0 spiro atoms. The quantitative estimate of drug-likeness (QED) is 0.540. The van der Waals surface area contributed by atoms with Crippen molar-refractivity contribution in [2.75, 3.05) is 24.7 Å². The second-order valence-electron chi connectivity index (χ2n) is 5.68. The average Bonchev–Trinajstić information content (AvgIpc) is 2.90. The van der Waals surface area contributed by atoms with E-state index in [0.717, 1.165) is 6.42 Å². The van der Waals surface area contributed by atoms with Gasteiger partial charge in [0.15, 0.2) is 16.4 Å². The number of hydrogen-bond acceptors (Lipinski definition) is 6. The van der Waals surface area contributed by atoms with Gasteiger partial charge >= 0.3 is 0 Å². The molecule has 0 bridgehead atoms. The molecule has 0 radical (unpaired) electrons. The van der Waals surface area contributed by atoms with Gasteiger partial charge < -0.3 is 9.64 Å². The van der Waals surface area contributed by atoms with Crippen molar-refractivity contribution >= 4 is 21.4 Å². The van der Waals surface area contributed by atoms with Crippen LogP contribution in [0.1, 0.15) is 19.8 Å². The maximum atomic E-state index is 12.4. The zero-order chi connectivity index (χ0) is 17.7. The molecule has 1 aliphatic rings. The molecule has 0 aromatic heterocycles. The van der Waals surface area contributed by atoms with E-state index in [1.54, 1.807) is 4.90 Å². The van der Waals surface area contributed by atoms with Gasteiger partial charge in [-0.25, -0.2) is 8.42 Å². The first-order chi connectivity index (χ1) is 11.3. The Kier molecular flexibility index (Phi) is 5.76. The number of nitro benzene ring substituents is 1. The van der Waals surface area contributed by atoms with E-state index in [-0.39, 0.29) is 35.7 Å². The summed E-state index contributed by atoms with van der Waals surface area (Å²) in [6.45, 7) is 2.16. The highest BCUT2D eigenvalue weighted by molar-refractivity contribution is 7.91. The Labute approximate surface area is 140 Å². The topological polar surface area (TPSA) is 107 Å². The number of rotatable bonds is 7. The Morgan fingerprint density at radius 3 is 2.54 bits per heavy atom. The van der Waals surface area contributed by atoms with Gasteiger partial charge in [-0.2, -0.15) is 0 Å². The van der Waals surface area contributed by atoms with Crippen LogP contribution in [0.4, 0.5) is 5.69 Å². The van der Waals surface area contributed by atoms with Crippen LogP contribution in [0.3, 0.4) is 0 Å². The predicted octanol–water partition coefficient (Wildman–Crippen LogP) is 1.40. The molecule has 1 aliphatic heterocycles. The summed E-state index contributed by atoms with van der Waals surface area (Å²) in [6, 6.07) is 5.15. The van der Waals surface area contributed by atoms with Crippen molar-refractivity contribution in [3.63, 3.8) is 0 Å². The van der Waals surface area contributed by atoms with Crippen LogP contribution in [-0.4, -0.2) is 54.8 Å². The second-order valence-corrected chi connectivity index (χ2v) is 7.91. The number of nitrogens with zero attached hydrogens (tertiary/aromatic N) is 2. The number of ether oxygens (including phenoxy) is 1. The summed E-state index contributed by atoms with van der Waals surface area (Å²) >= 11 is 0. The van der Waals surface area contributed by atoms with Crippen molar-refractivity contribution in [3.8, 4) is 5.75 Å². The number of carbonyl (C=O) groups excluding carboxylic acids is 1. The largest absolute Gasteiger partial charge is 0.484 e. The zero-order valence-corrected chi connectivity index (χ0v) is 14.2. The lowest BCUT2D eigenvalue weighted by atomic mass is 10.2. The smallest absolute Gasteiger partial charge is 0.269 e. The highest BCUT2D eigenvalue weighted by atomic mass is 32.2. The molecule has 1 fully saturated rings. The maximum Gasteiger partial charge on any atom is 0.269 e. The molecule has 1 aromatic rings. The number of sulfone groups is 1. The van der Waals surface area contributed by atoms with Crippen molar-refractivity contribution in [1.29, 1.82) is 0 Å². The standard InChI is InChI=1S/C15H20N2O6S/c1-2-8-16(13-7-9-24(21,22)11-13)15(18)10-23-14-5-3-12(4-6-14)17(19)20/h3-6,13H,2,7-11H2,1H3/t13-/m0/s1. The highest BCUT2D eigenvalue weighted by Crippen LogP contribution is 2.20. The molecule has 8 nitrogen and oxygen atoms in total. The molecule has 0 N–H and O–H groups in total. The van der Waals surface area contributed by atoms with E-state index in [9.17, 15) is 23.3 Å². The molecule has 24 heavy (non-hydrogen) atoms. The summed E-state index contributed by atoms with van der Waals surface area (Å²) < 4.78 is 28.6. The van der Waals surface area contributed by atoms with Gasteiger partial charge in [0.1, 0.15) is 5.75 Å². The van der Waals surface area contributed by atoms with Crippen LogP contribution in [0.5, 0.6) is 5.75 Å². The first-order valence-corrected chi connectivity index (χ1v) is 9.51. The minimum Gasteiger partial charge on any atom is -0.484 e. The summed E-state index contributed by atoms with van der Waals surface area (Å²) in [5.74, 6) is 0.173. The van der Waals surface area contributed by atoms with E-state index in [4.69, 9.17) is 4.74 Å². The van der Waals surface area contributed by atoms with Gasteiger partial charge in [0.25, 0.3) is 11.6 Å². The molecule has 9 heteroatoms. The number of benzene rings is 1. The van der Waals surface area contributed by atoms with Crippen LogP contribution >= 0.6 is 0 Å². The zero-order valence-electron chi connectivity index (χ0n) is 13.4. The number of carbonyl (C=O) groups is 1. The third-order valence-corrected chi connectivity index (χ3v) is 5.59. The summed E-state index contributed by atoms with van der Waals surface area (Å²) in [6.07, 6.45) is 1.17. The number of hydrogen-bond donors (Lipinski definition) is 0. The lowest BCUT2D eigenvalue weighted by molar-refractivity contribution is -0.384. The third kappa shape index (κ3) is 4.67. The fraction of sp³-hybridized carbons (Fsp3) is 0.533. The van der Waals surface area contributed by atoms with Crippen LogP contribution in [0.15, 0.2) is 24.3 Å². The molecule has 1 amide bonds. The number of amides is 1. The minimum absolute atomic E-state index is 0.00370. The molecule has 1 heterocycles. The summed E-state index contributed by atoms with van der Waals surface area (Å²) in [5.41, 5.74) is -0.0579. The van der Waals surface area contributed by atoms with Crippen LogP contribution in [-0.2, 0) is 14.6 Å². The average molecular weight is 356 g/mol. The molecule has 132 valence electrons. The fourth-order valence-corrected chi connectivity index (χ4v) is 4.40. The summed E-state index contributed by atoms with van der Waals surface area (Å²) in [5, 5.41) is 10.6. The van der Waals surface area contributed by atoms with E-state index >= 15 is 0 Å². The molecule has 1 saturated heterocycles. The molecule has 0 saturated carbocycles. The van der Waals surface area contributed by atoms with E-state index in [0.29, 0.717) is 18.7 Å². The fourth-order valence-electron chi connectivity index (χ4n) is 2.67. The Bertz CT molecular complexity index is 701. The monoisotopic (exact) mass is 356 g/mol. The van der Waals surface area contributed by atoms with Gasteiger partial charge in [-0.1, -0.05) is 6.92 Å². The lowest BCUT2D eigenvalue weighted by Crippen LogP contribution is -2.44. The van der Waals surface area contributed by atoms with Gasteiger partial charge in [-0.15, -0.1) is 0 Å². The van der Waals surface area contributed by atoms with Crippen molar-refractivity contribution in [2.24, 2.45) is 0 Å². The Hall–Kier alpha value is -2.16. The van der Waals surface area contributed by atoms with Crippen LogP contribution in [0.25, 0.3) is 0 Å². The number of non-ortho nitro benzene ring substituents is 1. The van der Waals surface area contributed by atoms with E-state index < -0.39 is 14.8 Å². The molecule has 1 aromatic carbocycles. The predicted molar refractivity (Wildman–Crippen MR) is 87.7 cm³/mol. The van der Waals surface area contributed by atoms with Crippen LogP contribution < -0.4 is 4.74 Å². The Morgan fingerprint density at radius 1 is 1.38 bits per heavy atom. The molecule has 2 rings (SSSR count). The maximum absolute atomic E-state index is 12.4. The SMILES string of the molecule is CCCN(C(=O)COc1ccc([N+](=O)[O-])cc1)[C@H]1CCS(=O)(=O)C1. The van der Waals surface area contributed by atoms with Gasteiger partial charge in [0, 0.05) is 24.7 Å². The van der Waals surface area contributed by atoms with Gasteiger partial charge in [0.05, 0.1) is 16.4 Å². The molecular weight excluding hydrogens is 336 g/mol. The van der Waals surface area contributed by atoms with Crippen LogP contribution in [0.2, 0.25) is 0 Å². The van der Waals surface area contributed by atoms with Crippen molar-refractivity contribution in [1.82, 2.24) is 4.90 Å². The Balaban J connectivity index is 1.96. The number of nitro groups is 1. The normalized spacial score (nSPS) is 19.0. The van der Waals surface area contributed by atoms with Crippen molar-refractivity contribution in [2.45, 2.75) is 25.8 Å². The first kappa shape index (κ1) is 18.2. The molecule has 1 atom stereocenters. The van der Waals surface area contributed by atoms with Crippen molar-refractivity contribution < 1.29 is 22.9 Å². The van der Waals surface area contributed by atoms with Gasteiger partial charge in [-0.05, 0) is 25.0 Å². The molecular formula is C15H20N2O6S. The van der Waals surface area contributed by atoms with Gasteiger partial charge in [-0.3, -0.25) is 14.9 Å². The van der Waals surface area contributed by atoms with E-state index in [2.05, 4.69) is 0 Å². The van der Waals surface area contributed by atoms with Crippen LogP contribution in [0, 0.1) is 10.1 Å². The van der Waals surface area contributed by atoms with Crippen molar-refractivity contribution in [3.05, 3.63) is 34.4 Å².